The van der Waals surface area contributed by atoms with Crippen molar-refractivity contribution in [1.82, 2.24) is 5.32 Å². The SMILES string of the molecule is CC(C)(C)CCNCC(O)COc1ccc(Cl)cc1. The second-order valence-corrected chi connectivity index (χ2v) is 6.37. The highest BCUT2D eigenvalue weighted by atomic mass is 35.5. The van der Waals surface area contributed by atoms with E-state index in [1.807, 2.05) is 0 Å². The second kappa shape index (κ2) is 7.73. The average molecular weight is 286 g/mol. The van der Waals surface area contributed by atoms with E-state index in [2.05, 4.69) is 26.1 Å². The van der Waals surface area contributed by atoms with Gasteiger partial charge in [0.15, 0.2) is 0 Å². The fourth-order valence-corrected chi connectivity index (χ4v) is 1.64. The van der Waals surface area contributed by atoms with Gasteiger partial charge in [-0.1, -0.05) is 32.4 Å². The molecule has 1 rings (SSSR count). The minimum Gasteiger partial charge on any atom is -0.491 e. The smallest absolute Gasteiger partial charge is 0.119 e. The summed E-state index contributed by atoms with van der Waals surface area (Å²) in [5.41, 5.74) is 0.317. The fourth-order valence-electron chi connectivity index (χ4n) is 1.51. The van der Waals surface area contributed by atoms with Crippen molar-refractivity contribution in [2.24, 2.45) is 5.41 Å². The van der Waals surface area contributed by atoms with Gasteiger partial charge in [0.1, 0.15) is 18.5 Å². The zero-order chi connectivity index (χ0) is 14.3. The van der Waals surface area contributed by atoms with E-state index in [0.29, 0.717) is 17.0 Å². The Bertz CT molecular complexity index is 359. The van der Waals surface area contributed by atoms with Gasteiger partial charge in [0, 0.05) is 11.6 Å². The lowest BCUT2D eigenvalue weighted by Crippen LogP contribution is -2.33. The first-order valence-corrected chi connectivity index (χ1v) is 7.02. The standard InChI is InChI=1S/C15H24ClNO2/c1-15(2,3)8-9-17-10-13(18)11-19-14-6-4-12(16)5-7-14/h4-7,13,17-18H,8-11H2,1-3H3. The molecule has 0 spiro atoms. The molecule has 0 radical (unpaired) electrons. The van der Waals surface area contributed by atoms with Crippen molar-refractivity contribution in [3.8, 4) is 5.75 Å². The quantitative estimate of drug-likeness (QED) is 0.757. The Hall–Kier alpha value is -0.770. The van der Waals surface area contributed by atoms with Crippen LogP contribution in [0.25, 0.3) is 0 Å². The lowest BCUT2D eigenvalue weighted by Gasteiger charge is -2.19. The number of nitrogens with one attached hydrogen (secondary N) is 1. The molecule has 0 heterocycles. The summed E-state index contributed by atoms with van der Waals surface area (Å²) in [5.74, 6) is 0.721. The van der Waals surface area contributed by atoms with Gasteiger partial charge in [-0.3, -0.25) is 0 Å². The molecule has 0 aromatic heterocycles. The van der Waals surface area contributed by atoms with Gasteiger partial charge in [0.25, 0.3) is 0 Å². The number of hydrogen-bond acceptors (Lipinski definition) is 3. The second-order valence-electron chi connectivity index (χ2n) is 5.93. The third kappa shape index (κ3) is 8.09. The van der Waals surface area contributed by atoms with E-state index in [0.717, 1.165) is 18.7 Å². The number of benzene rings is 1. The van der Waals surface area contributed by atoms with Crippen molar-refractivity contribution >= 4 is 11.6 Å². The van der Waals surface area contributed by atoms with E-state index in [9.17, 15) is 5.11 Å². The number of aliphatic hydroxyl groups is 1. The largest absolute Gasteiger partial charge is 0.491 e. The van der Waals surface area contributed by atoms with E-state index in [1.54, 1.807) is 24.3 Å². The van der Waals surface area contributed by atoms with Crippen molar-refractivity contribution in [2.75, 3.05) is 19.7 Å². The van der Waals surface area contributed by atoms with Crippen molar-refractivity contribution in [3.63, 3.8) is 0 Å². The molecule has 2 N–H and O–H groups in total. The van der Waals surface area contributed by atoms with Gasteiger partial charge in [-0.15, -0.1) is 0 Å². The molecule has 0 saturated carbocycles. The van der Waals surface area contributed by atoms with Crippen LogP contribution in [0.5, 0.6) is 5.75 Å². The van der Waals surface area contributed by atoms with E-state index >= 15 is 0 Å². The molecule has 1 aromatic carbocycles. The maximum Gasteiger partial charge on any atom is 0.119 e. The predicted molar refractivity (Wildman–Crippen MR) is 79.9 cm³/mol. The molecule has 0 saturated heterocycles. The van der Waals surface area contributed by atoms with Crippen LogP contribution in [0.1, 0.15) is 27.2 Å². The molecule has 0 bridgehead atoms. The maximum atomic E-state index is 9.78. The number of aliphatic hydroxyl groups excluding tert-OH is 1. The van der Waals surface area contributed by atoms with Gasteiger partial charge in [-0.05, 0) is 42.6 Å². The number of halogens is 1. The predicted octanol–water partition coefficient (Wildman–Crippen LogP) is 3.11. The Labute approximate surface area is 120 Å². The van der Waals surface area contributed by atoms with Gasteiger partial charge < -0.3 is 15.2 Å². The summed E-state index contributed by atoms with van der Waals surface area (Å²) in [7, 11) is 0. The lowest BCUT2D eigenvalue weighted by molar-refractivity contribution is 0.106. The summed E-state index contributed by atoms with van der Waals surface area (Å²) in [6.45, 7) is 8.34. The molecule has 19 heavy (non-hydrogen) atoms. The average Bonchev–Trinajstić information content (AvgIpc) is 2.33. The Morgan fingerprint density at radius 3 is 2.47 bits per heavy atom. The lowest BCUT2D eigenvalue weighted by atomic mass is 9.92. The molecule has 0 aliphatic carbocycles. The molecule has 0 aliphatic heterocycles. The van der Waals surface area contributed by atoms with Crippen LogP contribution < -0.4 is 10.1 Å². The summed E-state index contributed by atoms with van der Waals surface area (Å²) in [4.78, 5) is 0. The Balaban J connectivity index is 2.14. The van der Waals surface area contributed by atoms with Crippen LogP contribution in [0.4, 0.5) is 0 Å². The molecule has 1 aromatic rings. The van der Waals surface area contributed by atoms with Crippen molar-refractivity contribution in [1.29, 1.82) is 0 Å². The minimum absolute atomic E-state index is 0.282. The van der Waals surface area contributed by atoms with E-state index in [1.165, 1.54) is 0 Å². The highest BCUT2D eigenvalue weighted by Gasteiger charge is 2.10. The fraction of sp³-hybridized carbons (Fsp3) is 0.600. The maximum absolute atomic E-state index is 9.78. The van der Waals surface area contributed by atoms with Crippen LogP contribution >= 0.6 is 11.6 Å². The van der Waals surface area contributed by atoms with Gasteiger partial charge in [-0.2, -0.15) is 0 Å². The monoisotopic (exact) mass is 285 g/mol. The first-order valence-electron chi connectivity index (χ1n) is 6.64. The molecule has 0 aliphatic rings. The topological polar surface area (TPSA) is 41.5 Å². The summed E-state index contributed by atoms with van der Waals surface area (Å²) < 4.78 is 5.47. The number of hydrogen-bond donors (Lipinski definition) is 2. The highest BCUT2D eigenvalue weighted by molar-refractivity contribution is 6.30. The van der Waals surface area contributed by atoms with Crippen LogP contribution in [0, 0.1) is 5.41 Å². The molecular formula is C15H24ClNO2. The first-order chi connectivity index (χ1) is 8.87. The Kier molecular flexibility index (Phi) is 6.63. The molecule has 0 fully saturated rings. The van der Waals surface area contributed by atoms with Crippen LogP contribution in [-0.2, 0) is 0 Å². The van der Waals surface area contributed by atoms with Crippen LogP contribution in [0.15, 0.2) is 24.3 Å². The summed E-state index contributed by atoms with van der Waals surface area (Å²) >= 11 is 5.78. The van der Waals surface area contributed by atoms with Gasteiger partial charge in [0.05, 0.1) is 0 Å². The van der Waals surface area contributed by atoms with Crippen molar-refractivity contribution < 1.29 is 9.84 Å². The molecule has 108 valence electrons. The summed E-state index contributed by atoms with van der Waals surface area (Å²) in [6, 6.07) is 7.12. The van der Waals surface area contributed by atoms with Crippen LogP contribution in [0.2, 0.25) is 5.02 Å². The van der Waals surface area contributed by atoms with E-state index < -0.39 is 6.10 Å². The number of ether oxygens (including phenoxy) is 1. The van der Waals surface area contributed by atoms with Crippen LogP contribution in [-0.4, -0.2) is 30.9 Å². The third-order valence-corrected chi connectivity index (χ3v) is 2.94. The van der Waals surface area contributed by atoms with E-state index in [4.69, 9.17) is 16.3 Å². The summed E-state index contributed by atoms with van der Waals surface area (Å²) in [6.07, 6.45) is 0.577. The molecule has 0 amide bonds. The normalized spacial score (nSPS) is 13.3. The van der Waals surface area contributed by atoms with Gasteiger partial charge in [-0.25, -0.2) is 0 Å². The minimum atomic E-state index is -0.504. The zero-order valence-corrected chi connectivity index (χ0v) is 12.7. The zero-order valence-electron chi connectivity index (χ0n) is 11.9. The van der Waals surface area contributed by atoms with Crippen molar-refractivity contribution in [3.05, 3.63) is 29.3 Å². The number of rotatable bonds is 7. The molecule has 1 unspecified atom stereocenters. The van der Waals surface area contributed by atoms with Gasteiger partial charge in [0.2, 0.25) is 0 Å². The first kappa shape index (κ1) is 16.3. The van der Waals surface area contributed by atoms with Crippen LogP contribution in [0.3, 0.4) is 0 Å². The summed E-state index contributed by atoms with van der Waals surface area (Å²) in [5, 5.41) is 13.7. The molecular weight excluding hydrogens is 262 g/mol. The van der Waals surface area contributed by atoms with Crippen molar-refractivity contribution in [2.45, 2.75) is 33.3 Å². The Morgan fingerprint density at radius 1 is 1.26 bits per heavy atom. The van der Waals surface area contributed by atoms with E-state index in [-0.39, 0.29) is 6.61 Å². The van der Waals surface area contributed by atoms with Gasteiger partial charge >= 0.3 is 0 Å². The highest BCUT2D eigenvalue weighted by Crippen LogP contribution is 2.17. The molecule has 1 atom stereocenters. The third-order valence-electron chi connectivity index (χ3n) is 2.69. The molecule has 4 heteroatoms. The molecule has 3 nitrogen and oxygen atoms in total. The Morgan fingerprint density at radius 2 is 1.89 bits per heavy atom.